The van der Waals surface area contributed by atoms with Gasteiger partial charge in [-0.3, -0.25) is 0 Å². The minimum absolute atomic E-state index is 0.317. The van der Waals surface area contributed by atoms with Gasteiger partial charge in [0.1, 0.15) is 0 Å². The van der Waals surface area contributed by atoms with E-state index in [1.807, 2.05) is 6.92 Å². The van der Waals surface area contributed by atoms with Crippen LogP contribution in [0.2, 0.25) is 0 Å². The second-order valence-corrected chi connectivity index (χ2v) is 5.92. The van der Waals surface area contributed by atoms with Crippen LogP contribution >= 0.6 is 11.6 Å². The maximum atomic E-state index is 12.0. The lowest BCUT2D eigenvalue weighted by molar-refractivity contribution is 0.468. The van der Waals surface area contributed by atoms with Crippen LogP contribution < -0.4 is 0 Å². The van der Waals surface area contributed by atoms with Crippen molar-refractivity contribution in [1.29, 1.82) is 0 Å². The molecule has 0 aliphatic heterocycles. The Labute approximate surface area is 102 Å². The minimum Gasteiger partial charge on any atom is -0.207 e. The van der Waals surface area contributed by atoms with E-state index in [4.69, 9.17) is 11.6 Å². The molecule has 0 aliphatic rings. The number of alkyl halides is 1. The van der Waals surface area contributed by atoms with Gasteiger partial charge < -0.3 is 0 Å². The molecule has 1 aromatic rings. The molecule has 0 saturated heterocycles. The maximum Gasteiger partial charge on any atom is 0.242 e. The summed E-state index contributed by atoms with van der Waals surface area (Å²) in [5, 5.41) is 0. The molecular formula is C11H16ClNO2S. The highest BCUT2D eigenvalue weighted by Crippen LogP contribution is 2.16. The predicted molar refractivity (Wildman–Crippen MR) is 66.1 cm³/mol. The summed E-state index contributed by atoms with van der Waals surface area (Å²) in [6.07, 6.45) is 0.801. The highest BCUT2D eigenvalue weighted by molar-refractivity contribution is 7.89. The van der Waals surface area contributed by atoms with Crippen molar-refractivity contribution in [1.82, 2.24) is 4.31 Å². The first-order chi connectivity index (χ1) is 7.52. The van der Waals surface area contributed by atoms with E-state index in [0.29, 0.717) is 17.3 Å². The van der Waals surface area contributed by atoms with Crippen LogP contribution in [0.4, 0.5) is 0 Å². The summed E-state index contributed by atoms with van der Waals surface area (Å²) in [6.45, 7) is 2.47. The van der Waals surface area contributed by atoms with Crippen molar-refractivity contribution < 1.29 is 8.42 Å². The molecule has 0 unspecified atom stereocenters. The molecule has 0 saturated carbocycles. The number of rotatable bonds is 5. The van der Waals surface area contributed by atoms with Gasteiger partial charge in [0.05, 0.1) is 4.90 Å². The van der Waals surface area contributed by atoms with Gasteiger partial charge in [0.15, 0.2) is 0 Å². The molecule has 0 amide bonds. The van der Waals surface area contributed by atoms with Gasteiger partial charge >= 0.3 is 0 Å². The average Bonchev–Trinajstić information content (AvgIpc) is 2.29. The lowest BCUT2D eigenvalue weighted by Crippen LogP contribution is -2.27. The van der Waals surface area contributed by atoms with Gasteiger partial charge in [-0.1, -0.05) is 19.1 Å². The molecule has 0 radical (unpaired) electrons. The number of benzene rings is 1. The summed E-state index contributed by atoms with van der Waals surface area (Å²) in [4.78, 5) is 0.317. The van der Waals surface area contributed by atoms with E-state index in [2.05, 4.69) is 0 Å². The third-order valence-electron chi connectivity index (χ3n) is 2.32. The van der Waals surface area contributed by atoms with Crippen LogP contribution in [0, 0.1) is 0 Å². The Morgan fingerprint density at radius 1 is 1.25 bits per heavy atom. The second kappa shape index (κ2) is 5.66. The second-order valence-electron chi connectivity index (χ2n) is 3.60. The van der Waals surface area contributed by atoms with Crippen molar-refractivity contribution in [3.63, 3.8) is 0 Å². The molecule has 5 heteroatoms. The van der Waals surface area contributed by atoms with Crippen LogP contribution in [0.5, 0.6) is 0 Å². The van der Waals surface area contributed by atoms with Crippen LogP contribution in [0.25, 0.3) is 0 Å². The normalized spacial score (nSPS) is 12.0. The summed E-state index contributed by atoms with van der Waals surface area (Å²) in [5.41, 5.74) is 0.916. The molecule has 0 bridgehead atoms. The van der Waals surface area contributed by atoms with Gasteiger partial charge in [-0.05, 0) is 24.1 Å². The number of hydrogen-bond donors (Lipinski definition) is 0. The highest BCUT2D eigenvalue weighted by Gasteiger charge is 2.19. The van der Waals surface area contributed by atoms with Gasteiger partial charge in [-0.2, -0.15) is 0 Å². The fourth-order valence-electron chi connectivity index (χ4n) is 1.37. The Balaban J connectivity index is 2.98. The molecule has 0 heterocycles. The summed E-state index contributed by atoms with van der Waals surface area (Å²) >= 11 is 5.65. The molecule has 16 heavy (non-hydrogen) atoms. The molecule has 0 spiro atoms. The fraction of sp³-hybridized carbons (Fsp3) is 0.455. The predicted octanol–water partition coefficient (Wildman–Crippen LogP) is 2.46. The first-order valence-electron chi connectivity index (χ1n) is 5.13. The fourth-order valence-corrected chi connectivity index (χ4v) is 2.81. The van der Waals surface area contributed by atoms with E-state index < -0.39 is 10.0 Å². The summed E-state index contributed by atoms with van der Waals surface area (Å²) in [5.74, 6) is 0.394. The van der Waals surface area contributed by atoms with Gasteiger partial charge in [0, 0.05) is 19.5 Å². The van der Waals surface area contributed by atoms with Gasteiger partial charge in [-0.15, -0.1) is 11.6 Å². The lowest BCUT2D eigenvalue weighted by atomic mass is 10.2. The van der Waals surface area contributed by atoms with E-state index in [1.165, 1.54) is 4.31 Å². The van der Waals surface area contributed by atoms with Crippen molar-refractivity contribution in [2.24, 2.45) is 0 Å². The summed E-state index contributed by atoms with van der Waals surface area (Å²) < 4.78 is 25.4. The molecule has 1 aromatic carbocycles. The smallest absolute Gasteiger partial charge is 0.207 e. The average molecular weight is 262 g/mol. The van der Waals surface area contributed by atoms with Crippen LogP contribution in [0.1, 0.15) is 18.9 Å². The Kier molecular flexibility index (Phi) is 4.77. The van der Waals surface area contributed by atoms with Gasteiger partial charge in [0.25, 0.3) is 0 Å². The summed E-state index contributed by atoms with van der Waals surface area (Å²) in [6, 6.07) is 6.66. The molecule has 0 aliphatic carbocycles. The minimum atomic E-state index is -3.34. The largest absolute Gasteiger partial charge is 0.242 e. The van der Waals surface area contributed by atoms with E-state index in [-0.39, 0.29) is 0 Å². The molecule has 0 atom stereocenters. The number of halogens is 1. The SMILES string of the molecule is CCCN(C)S(=O)(=O)c1ccc(CCl)cc1. The van der Waals surface area contributed by atoms with Crippen molar-refractivity contribution in [3.05, 3.63) is 29.8 Å². The Bertz CT molecular complexity index is 428. The van der Waals surface area contributed by atoms with Crippen molar-refractivity contribution in [2.75, 3.05) is 13.6 Å². The Morgan fingerprint density at radius 2 is 1.81 bits per heavy atom. The van der Waals surface area contributed by atoms with Crippen LogP contribution in [-0.4, -0.2) is 26.3 Å². The maximum absolute atomic E-state index is 12.0. The Hall–Kier alpha value is -0.580. The summed E-state index contributed by atoms with van der Waals surface area (Å²) in [7, 11) is -1.74. The van der Waals surface area contributed by atoms with E-state index in [9.17, 15) is 8.42 Å². The molecular weight excluding hydrogens is 246 g/mol. The Morgan fingerprint density at radius 3 is 2.25 bits per heavy atom. The van der Waals surface area contributed by atoms with Crippen molar-refractivity contribution >= 4 is 21.6 Å². The molecule has 0 N–H and O–H groups in total. The quantitative estimate of drug-likeness (QED) is 0.764. The number of nitrogens with zero attached hydrogens (tertiary/aromatic N) is 1. The monoisotopic (exact) mass is 261 g/mol. The zero-order valence-electron chi connectivity index (χ0n) is 9.48. The zero-order chi connectivity index (χ0) is 12.2. The van der Waals surface area contributed by atoms with Crippen molar-refractivity contribution in [2.45, 2.75) is 24.1 Å². The molecule has 0 fully saturated rings. The highest BCUT2D eigenvalue weighted by atomic mass is 35.5. The molecule has 0 aromatic heterocycles. The molecule has 3 nitrogen and oxygen atoms in total. The van der Waals surface area contributed by atoms with Crippen LogP contribution in [0.3, 0.4) is 0 Å². The third kappa shape index (κ3) is 2.97. The van der Waals surface area contributed by atoms with Gasteiger partial charge in [0.2, 0.25) is 10.0 Å². The lowest BCUT2D eigenvalue weighted by Gasteiger charge is -2.16. The molecule has 90 valence electrons. The first-order valence-corrected chi connectivity index (χ1v) is 7.11. The first kappa shape index (κ1) is 13.5. The molecule has 1 rings (SSSR count). The van der Waals surface area contributed by atoms with Crippen LogP contribution in [-0.2, 0) is 15.9 Å². The zero-order valence-corrected chi connectivity index (χ0v) is 11.1. The number of hydrogen-bond acceptors (Lipinski definition) is 2. The number of sulfonamides is 1. The standard InChI is InChI=1S/C11H16ClNO2S/c1-3-8-13(2)16(14,15)11-6-4-10(9-12)5-7-11/h4-7H,3,8-9H2,1-2H3. The third-order valence-corrected chi connectivity index (χ3v) is 4.50. The van der Waals surface area contributed by atoms with E-state index >= 15 is 0 Å². The van der Waals surface area contributed by atoms with E-state index in [1.54, 1.807) is 31.3 Å². The van der Waals surface area contributed by atoms with Gasteiger partial charge in [-0.25, -0.2) is 12.7 Å². The van der Waals surface area contributed by atoms with E-state index in [0.717, 1.165) is 12.0 Å². The topological polar surface area (TPSA) is 37.4 Å². The van der Waals surface area contributed by atoms with Crippen molar-refractivity contribution in [3.8, 4) is 0 Å². The van der Waals surface area contributed by atoms with Crippen LogP contribution in [0.15, 0.2) is 29.2 Å².